The van der Waals surface area contributed by atoms with Crippen molar-refractivity contribution >= 4 is 0 Å². The zero-order chi connectivity index (χ0) is 11.4. The monoisotopic (exact) mass is 222 g/mol. The maximum Gasteiger partial charge on any atom is 0.118 e. The molecule has 2 rings (SSSR count). The summed E-state index contributed by atoms with van der Waals surface area (Å²) in [6.07, 6.45) is 2.65. The molecule has 0 spiro atoms. The van der Waals surface area contributed by atoms with Gasteiger partial charge < -0.3 is 9.73 Å². The molecule has 1 N–H and O–H groups in total. The van der Waals surface area contributed by atoms with Crippen LogP contribution < -0.4 is 5.32 Å². The van der Waals surface area contributed by atoms with Crippen LogP contribution in [-0.4, -0.2) is 25.0 Å². The Morgan fingerprint density at radius 1 is 1.31 bits per heavy atom. The molecule has 2 heterocycles. The van der Waals surface area contributed by atoms with Crippen molar-refractivity contribution in [2.45, 2.75) is 32.9 Å². The number of likely N-dealkylation sites (tertiary alicyclic amines) is 1. The Balaban J connectivity index is 1.83. The predicted molar refractivity (Wildman–Crippen MR) is 65.1 cm³/mol. The molecule has 0 unspecified atom stereocenters. The van der Waals surface area contributed by atoms with Gasteiger partial charge in [-0.15, -0.1) is 0 Å². The topological polar surface area (TPSA) is 28.4 Å². The minimum atomic E-state index is 0.817. The molecule has 16 heavy (non-hydrogen) atoms. The van der Waals surface area contributed by atoms with Gasteiger partial charge in [0.2, 0.25) is 0 Å². The Kier molecular flexibility index (Phi) is 4.02. The third-order valence-corrected chi connectivity index (χ3v) is 3.32. The van der Waals surface area contributed by atoms with Crippen LogP contribution in [0.2, 0.25) is 0 Å². The Morgan fingerprint density at radius 2 is 2.00 bits per heavy atom. The number of hydrogen-bond donors (Lipinski definition) is 1. The Hall–Kier alpha value is -0.800. The summed E-state index contributed by atoms with van der Waals surface area (Å²) in [5.41, 5.74) is 0. The van der Waals surface area contributed by atoms with Gasteiger partial charge in [0, 0.05) is 0 Å². The molecule has 90 valence electrons. The van der Waals surface area contributed by atoms with Gasteiger partial charge in [-0.1, -0.05) is 6.92 Å². The maximum absolute atomic E-state index is 5.75. The average molecular weight is 222 g/mol. The van der Waals surface area contributed by atoms with Crippen molar-refractivity contribution < 1.29 is 4.42 Å². The van der Waals surface area contributed by atoms with Crippen LogP contribution in [0.3, 0.4) is 0 Å². The van der Waals surface area contributed by atoms with E-state index < -0.39 is 0 Å². The Bertz CT molecular complexity index is 313. The van der Waals surface area contributed by atoms with Gasteiger partial charge in [0.15, 0.2) is 0 Å². The van der Waals surface area contributed by atoms with Gasteiger partial charge >= 0.3 is 0 Å². The van der Waals surface area contributed by atoms with Crippen LogP contribution in [0.15, 0.2) is 16.5 Å². The summed E-state index contributed by atoms with van der Waals surface area (Å²) in [6.45, 7) is 6.55. The van der Waals surface area contributed by atoms with Crippen molar-refractivity contribution in [1.82, 2.24) is 10.2 Å². The van der Waals surface area contributed by atoms with Crippen LogP contribution >= 0.6 is 0 Å². The van der Waals surface area contributed by atoms with E-state index in [1.54, 1.807) is 0 Å². The van der Waals surface area contributed by atoms with Crippen molar-refractivity contribution in [2.75, 3.05) is 20.1 Å². The van der Waals surface area contributed by atoms with E-state index in [0.717, 1.165) is 30.5 Å². The molecule has 3 heteroatoms. The summed E-state index contributed by atoms with van der Waals surface area (Å²) >= 11 is 0. The summed E-state index contributed by atoms with van der Waals surface area (Å²) in [5, 5.41) is 3.10. The fourth-order valence-electron chi connectivity index (χ4n) is 2.22. The first kappa shape index (κ1) is 11.7. The molecule has 1 aliphatic rings. The smallest absolute Gasteiger partial charge is 0.118 e. The lowest BCUT2D eigenvalue weighted by Gasteiger charge is -2.29. The van der Waals surface area contributed by atoms with Gasteiger partial charge in [0.05, 0.1) is 13.1 Å². The molecule has 1 saturated heterocycles. The zero-order valence-electron chi connectivity index (χ0n) is 10.3. The molecule has 0 bridgehead atoms. The first-order valence-corrected chi connectivity index (χ1v) is 6.22. The third-order valence-electron chi connectivity index (χ3n) is 3.32. The van der Waals surface area contributed by atoms with E-state index in [2.05, 4.69) is 29.3 Å². The molecule has 1 aromatic rings. The van der Waals surface area contributed by atoms with E-state index in [9.17, 15) is 0 Å². The highest BCUT2D eigenvalue weighted by molar-refractivity contribution is 5.07. The Labute approximate surface area is 97.8 Å². The van der Waals surface area contributed by atoms with Gasteiger partial charge in [0.1, 0.15) is 11.5 Å². The lowest BCUT2D eigenvalue weighted by molar-refractivity contribution is 0.172. The van der Waals surface area contributed by atoms with Crippen LogP contribution in [0, 0.1) is 5.92 Å². The van der Waals surface area contributed by atoms with Crippen LogP contribution in [-0.2, 0) is 13.1 Å². The van der Waals surface area contributed by atoms with Crippen LogP contribution in [0.25, 0.3) is 0 Å². The van der Waals surface area contributed by atoms with Gasteiger partial charge in [0.25, 0.3) is 0 Å². The molecule has 0 amide bonds. The molecule has 3 nitrogen and oxygen atoms in total. The van der Waals surface area contributed by atoms with E-state index in [4.69, 9.17) is 4.42 Å². The van der Waals surface area contributed by atoms with Crippen LogP contribution in [0.4, 0.5) is 0 Å². The quantitative estimate of drug-likeness (QED) is 0.847. The van der Waals surface area contributed by atoms with Gasteiger partial charge in [-0.2, -0.15) is 0 Å². The normalized spacial score (nSPS) is 19.1. The van der Waals surface area contributed by atoms with Crippen LogP contribution in [0.1, 0.15) is 31.3 Å². The minimum absolute atomic E-state index is 0.817. The number of nitrogens with one attached hydrogen (secondary N) is 1. The maximum atomic E-state index is 5.75. The van der Waals surface area contributed by atoms with Crippen molar-refractivity contribution in [1.29, 1.82) is 0 Å². The predicted octanol–water partition coefficient (Wildman–Crippen LogP) is 2.23. The highest BCUT2D eigenvalue weighted by Crippen LogP contribution is 2.18. The second-order valence-electron chi connectivity index (χ2n) is 4.86. The molecule has 0 aliphatic carbocycles. The summed E-state index contributed by atoms with van der Waals surface area (Å²) in [4.78, 5) is 2.49. The van der Waals surface area contributed by atoms with E-state index in [-0.39, 0.29) is 0 Å². The zero-order valence-corrected chi connectivity index (χ0v) is 10.3. The molecule has 0 radical (unpaired) electrons. The molecule has 1 fully saturated rings. The first-order chi connectivity index (χ1) is 7.78. The van der Waals surface area contributed by atoms with E-state index >= 15 is 0 Å². The number of piperidine rings is 1. The summed E-state index contributed by atoms with van der Waals surface area (Å²) in [6, 6.07) is 4.17. The van der Waals surface area contributed by atoms with Gasteiger partial charge in [-0.25, -0.2) is 0 Å². The number of nitrogens with zero attached hydrogens (tertiary/aromatic N) is 1. The second kappa shape index (κ2) is 5.51. The fourth-order valence-corrected chi connectivity index (χ4v) is 2.22. The average Bonchev–Trinajstić information content (AvgIpc) is 2.70. The lowest BCUT2D eigenvalue weighted by Crippen LogP contribution is -2.32. The first-order valence-electron chi connectivity index (χ1n) is 6.22. The molecular weight excluding hydrogens is 200 g/mol. The molecule has 0 saturated carbocycles. The number of hydrogen-bond acceptors (Lipinski definition) is 3. The Morgan fingerprint density at radius 3 is 2.69 bits per heavy atom. The van der Waals surface area contributed by atoms with Crippen molar-refractivity contribution in [3.05, 3.63) is 23.7 Å². The SMILES string of the molecule is CNCc1ccc(CN2CCC(C)CC2)o1. The van der Waals surface area contributed by atoms with Crippen molar-refractivity contribution in [2.24, 2.45) is 5.92 Å². The number of furan rings is 1. The van der Waals surface area contributed by atoms with Gasteiger partial charge in [-0.3, -0.25) is 4.90 Å². The van der Waals surface area contributed by atoms with E-state index in [0.29, 0.717) is 0 Å². The van der Waals surface area contributed by atoms with Gasteiger partial charge in [-0.05, 0) is 51.0 Å². The largest absolute Gasteiger partial charge is 0.463 e. The van der Waals surface area contributed by atoms with E-state index in [1.807, 2.05) is 7.05 Å². The fraction of sp³-hybridized carbons (Fsp3) is 0.692. The molecule has 1 aromatic heterocycles. The second-order valence-corrected chi connectivity index (χ2v) is 4.86. The summed E-state index contributed by atoms with van der Waals surface area (Å²) in [5.74, 6) is 3.02. The summed E-state index contributed by atoms with van der Waals surface area (Å²) in [7, 11) is 1.94. The molecule has 0 aromatic carbocycles. The minimum Gasteiger partial charge on any atom is -0.463 e. The third kappa shape index (κ3) is 3.09. The standard InChI is InChI=1S/C13H22N2O/c1-11-5-7-15(8-6-11)10-13-4-3-12(16-13)9-14-2/h3-4,11,14H,5-10H2,1-2H3. The highest BCUT2D eigenvalue weighted by Gasteiger charge is 2.16. The molecule has 1 aliphatic heterocycles. The molecule has 0 atom stereocenters. The van der Waals surface area contributed by atoms with Crippen LogP contribution in [0.5, 0.6) is 0 Å². The van der Waals surface area contributed by atoms with E-state index in [1.165, 1.54) is 25.9 Å². The highest BCUT2D eigenvalue weighted by atomic mass is 16.3. The lowest BCUT2D eigenvalue weighted by atomic mass is 9.99. The summed E-state index contributed by atoms with van der Waals surface area (Å²) < 4.78 is 5.75. The van der Waals surface area contributed by atoms with Crippen molar-refractivity contribution in [3.8, 4) is 0 Å². The van der Waals surface area contributed by atoms with Crippen molar-refractivity contribution in [3.63, 3.8) is 0 Å². The molecular formula is C13H22N2O. The number of rotatable bonds is 4.